The molecule has 0 amide bonds. The molecule has 2 aromatic heterocycles. The van der Waals surface area contributed by atoms with Crippen molar-refractivity contribution in [2.45, 2.75) is 12.3 Å². The van der Waals surface area contributed by atoms with Gasteiger partial charge in [-0.3, -0.25) is 0 Å². The molecule has 12 rings (SSSR count). The lowest BCUT2D eigenvalue weighted by atomic mass is 9.74. The van der Waals surface area contributed by atoms with Gasteiger partial charge in [-0.05, 0) is 92.0 Å². The Bertz CT molecular complexity index is 3480. The molecule has 0 spiro atoms. The van der Waals surface area contributed by atoms with E-state index < -0.39 is 0 Å². The molecule has 0 aliphatic heterocycles. The average Bonchev–Trinajstić information content (AvgIpc) is 3.85. The first-order valence-corrected chi connectivity index (χ1v) is 20.9. The predicted molar refractivity (Wildman–Crippen MR) is 251 cm³/mol. The number of aromatic nitrogens is 2. The van der Waals surface area contributed by atoms with Crippen molar-refractivity contribution in [3.05, 3.63) is 229 Å². The molecule has 1 aliphatic rings. The van der Waals surface area contributed by atoms with Gasteiger partial charge < -0.3 is 4.42 Å². The van der Waals surface area contributed by atoms with E-state index in [4.69, 9.17) is 14.4 Å². The average molecular weight is 779 g/mol. The summed E-state index contributed by atoms with van der Waals surface area (Å²) in [6, 6.07) is 75.8. The van der Waals surface area contributed by atoms with Crippen LogP contribution in [0.15, 0.2) is 217 Å². The van der Waals surface area contributed by atoms with E-state index in [1.807, 2.05) is 30.3 Å². The summed E-state index contributed by atoms with van der Waals surface area (Å²) in [7, 11) is 0. The quantitative estimate of drug-likeness (QED) is 0.169. The van der Waals surface area contributed by atoms with E-state index in [2.05, 4.69) is 189 Å². The SMILES string of the molecule is CC1(c2ccccc2)c2ccccc2-c2ccc(-c3cc(-c4ccc(-c5ccc(-c6cccc7oc8ccccc8c67)c6ccccc56)cc4)nc(-c4ccccc4)n3)cc21. The summed E-state index contributed by atoms with van der Waals surface area (Å²) in [4.78, 5) is 10.4. The zero-order chi connectivity index (χ0) is 40.5. The number of rotatable bonds is 6. The third-order valence-corrected chi connectivity index (χ3v) is 12.8. The summed E-state index contributed by atoms with van der Waals surface area (Å²) in [5.41, 5.74) is 17.5. The molecule has 3 heteroatoms. The third-order valence-electron chi connectivity index (χ3n) is 12.8. The van der Waals surface area contributed by atoms with Crippen molar-refractivity contribution in [3.63, 3.8) is 0 Å². The summed E-state index contributed by atoms with van der Waals surface area (Å²) in [5, 5.41) is 4.69. The van der Waals surface area contributed by atoms with Crippen LogP contribution in [-0.4, -0.2) is 9.97 Å². The standard InChI is InChI=1S/C58H38N2O/c1-58(41-17-6-3-7-18-41)50-24-12-10-21-46(50)47-32-31-40(35-51(47)58)53-36-52(59-57(60-53)39-15-4-2-5-16-39)38-29-27-37(28-30-38)42-33-34-45(44-20-9-8-19-43(42)44)48-23-14-26-55-56(48)49-22-11-13-25-54(49)61-55/h2-36H,1H3. The van der Waals surface area contributed by atoms with Crippen molar-refractivity contribution in [1.82, 2.24) is 9.97 Å². The Labute approximate surface area is 354 Å². The smallest absolute Gasteiger partial charge is 0.160 e. The molecular weight excluding hydrogens is 741 g/mol. The highest BCUT2D eigenvalue weighted by Crippen LogP contribution is 2.53. The van der Waals surface area contributed by atoms with Gasteiger partial charge in [-0.2, -0.15) is 0 Å². The van der Waals surface area contributed by atoms with Crippen LogP contribution in [-0.2, 0) is 5.41 Å². The number of fused-ring (bicyclic) bond motifs is 7. The van der Waals surface area contributed by atoms with Crippen LogP contribution in [0.3, 0.4) is 0 Å². The van der Waals surface area contributed by atoms with Gasteiger partial charge in [0.05, 0.1) is 11.4 Å². The van der Waals surface area contributed by atoms with Crippen molar-refractivity contribution in [2.24, 2.45) is 0 Å². The molecule has 61 heavy (non-hydrogen) atoms. The fourth-order valence-electron chi connectivity index (χ4n) is 9.80. The highest BCUT2D eigenvalue weighted by molar-refractivity contribution is 6.16. The molecule has 0 radical (unpaired) electrons. The summed E-state index contributed by atoms with van der Waals surface area (Å²) in [6.45, 7) is 2.36. The molecule has 0 saturated carbocycles. The molecule has 2 heterocycles. The zero-order valence-electron chi connectivity index (χ0n) is 33.5. The van der Waals surface area contributed by atoms with E-state index in [0.29, 0.717) is 5.82 Å². The maximum atomic E-state index is 6.28. The fraction of sp³-hybridized carbons (Fsp3) is 0.0345. The molecule has 0 fully saturated rings. The summed E-state index contributed by atoms with van der Waals surface area (Å²) in [6.07, 6.45) is 0. The fourth-order valence-corrected chi connectivity index (χ4v) is 9.80. The first-order chi connectivity index (χ1) is 30.1. The van der Waals surface area contributed by atoms with Crippen molar-refractivity contribution in [3.8, 4) is 67.3 Å². The largest absolute Gasteiger partial charge is 0.456 e. The molecule has 0 N–H and O–H groups in total. The van der Waals surface area contributed by atoms with Gasteiger partial charge in [0.25, 0.3) is 0 Å². The molecule has 0 bridgehead atoms. The van der Waals surface area contributed by atoms with E-state index in [0.717, 1.165) is 55.6 Å². The van der Waals surface area contributed by atoms with Crippen molar-refractivity contribution in [1.29, 1.82) is 0 Å². The van der Waals surface area contributed by atoms with Crippen LogP contribution < -0.4 is 0 Å². The second-order valence-corrected chi connectivity index (χ2v) is 16.2. The van der Waals surface area contributed by atoms with E-state index in [-0.39, 0.29) is 5.41 Å². The Hall–Kier alpha value is -7.88. The lowest BCUT2D eigenvalue weighted by molar-refractivity contribution is 0.669. The van der Waals surface area contributed by atoms with E-state index in [1.54, 1.807) is 0 Å². The highest BCUT2D eigenvalue weighted by atomic mass is 16.3. The second-order valence-electron chi connectivity index (χ2n) is 16.2. The first kappa shape index (κ1) is 35.1. The van der Waals surface area contributed by atoms with Gasteiger partial charge in [0, 0.05) is 32.9 Å². The van der Waals surface area contributed by atoms with Gasteiger partial charge in [-0.1, -0.05) is 188 Å². The Morgan fingerprint density at radius 1 is 0.361 bits per heavy atom. The van der Waals surface area contributed by atoms with Gasteiger partial charge in [0.1, 0.15) is 11.2 Å². The number of benzene rings is 9. The van der Waals surface area contributed by atoms with Gasteiger partial charge >= 0.3 is 0 Å². The minimum Gasteiger partial charge on any atom is -0.456 e. The summed E-state index contributed by atoms with van der Waals surface area (Å²) in [5.74, 6) is 0.703. The van der Waals surface area contributed by atoms with E-state index in [9.17, 15) is 0 Å². The highest BCUT2D eigenvalue weighted by Gasteiger charge is 2.40. The molecular formula is C58H38N2O. The number of hydrogen-bond donors (Lipinski definition) is 0. The zero-order valence-corrected chi connectivity index (χ0v) is 33.5. The topological polar surface area (TPSA) is 38.9 Å². The predicted octanol–water partition coefficient (Wildman–Crippen LogP) is 15.2. The van der Waals surface area contributed by atoms with Gasteiger partial charge in [0.15, 0.2) is 5.82 Å². The minimum absolute atomic E-state index is 0.305. The molecule has 9 aromatic carbocycles. The van der Waals surface area contributed by atoms with Crippen LogP contribution >= 0.6 is 0 Å². The maximum Gasteiger partial charge on any atom is 0.160 e. The number of hydrogen-bond acceptors (Lipinski definition) is 3. The lowest BCUT2D eigenvalue weighted by Gasteiger charge is -2.28. The Kier molecular flexibility index (Phi) is 7.98. The Morgan fingerprint density at radius 3 is 1.72 bits per heavy atom. The monoisotopic (exact) mass is 778 g/mol. The van der Waals surface area contributed by atoms with E-state index in [1.165, 1.54) is 55.3 Å². The number of furan rings is 1. The van der Waals surface area contributed by atoms with Crippen LogP contribution in [0.2, 0.25) is 0 Å². The number of nitrogens with zero attached hydrogens (tertiary/aromatic N) is 2. The van der Waals surface area contributed by atoms with Crippen LogP contribution in [0.25, 0.3) is 100.0 Å². The van der Waals surface area contributed by atoms with Crippen molar-refractivity contribution in [2.75, 3.05) is 0 Å². The molecule has 1 aliphatic carbocycles. The van der Waals surface area contributed by atoms with Crippen LogP contribution in [0, 0.1) is 0 Å². The molecule has 286 valence electrons. The van der Waals surface area contributed by atoms with Crippen molar-refractivity contribution >= 4 is 32.7 Å². The van der Waals surface area contributed by atoms with Crippen molar-refractivity contribution < 1.29 is 4.42 Å². The van der Waals surface area contributed by atoms with Gasteiger partial charge in [0.2, 0.25) is 0 Å². The number of para-hydroxylation sites is 1. The third kappa shape index (κ3) is 5.58. The maximum absolute atomic E-state index is 6.28. The van der Waals surface area contributed by atoms with E-state index >= 15 is 0 Å². The molecule has 1 unspecified atom stereocenters. The lowest BCUT2D eigenvalue weighted by Crippen LogP contribution is -2.22. The second kappa shape index (κ2) is 13.9. The summed E-state index contributed by atoms with van der Waals surface area (Å²) >= 11 is 0. The molecule has 0 saturated heterocycles. The molecule has 1 atom stereocenters. The van der Waals surface area contributed by atoms with Crippen LogP contribution in [0.1, 0.15) is 23.6 Å². The molecule has 3 nitrogen and oxygen atoms in total. The summed E-state index contributed by atoms with van der Waals surface area (Å²) < 4.78 is 6.28. The van der Waals surface area contributed by atoms with Crippen LogP contribution in [0.4, 0.5) is 0 Å². The first-order valence-electron chi connectivity index (χ1n) is 20.9. The van der Waals surface area contributed by atoms with Gasteiger partial charge in [-0.15, -0.1) is 0 Å². The van der Waals surface area contributed by atoms with Crippen LogP contribution in [0.5, 0.6) is 0 Å². The van der Waals surface area contributed by atoms with Gasteiger partial charge in [-0.25, -0.2) is 9.97 Å². The minimum atomic E-state index is -0.305. The molecule has 11 aromatic rings. The Morgan fingerprint density at radius 2 is 0.918 bits per heavy atom. The normalized spacial score (nSPS) is 14.4. The Balaban J connectivity index is 0.959.